The molecule has 0 unspecified atom stereocenters. The standard InChI is InChI=1S/C22H32N4O4S/c1-14(2)12-25(18(27)10-11-31-17-8-6-16(30-5)7-9-17)19-20(23)26(13-15(3)4)22(29)24-21(19)28/h6-9,14-15H,10-13,23H2,1-5H3,(H,24,28,29). The molecule has 0 saturated heterocycles. The Kier molecular flexibility index (Phi) is 8.79. The van der Waals surface area contributed by atoms with Crippen LogP contribution in [0.25, 0.3) is 0 Å². The van der Waals surface area contributed by atoms with Crippen molar-refractivity contribution in [2.24, 2.45) is 11.8 Å². The van der Waals surface area contributed by atoms with Crippen LogP contribution >= 0.6 is 11.8 Å². The molecule has 9 heteroatoms. The summed E-state index contributed by atoms with van der Waals surface area (Å²) in [6.07, 6.45) is 0.228. The van der Waals surface area contributed by atoms with Crippen LogP contribution in [0.3, 0.4) is 0 Å². The third-order valence-electron chi connectivity index (χ3n) is 4.52. The molecule has 2 aromatic rings. The van der Waals surface area contributed by atoms with Crippen molar-refractivity contribution in [1.29, 1.82) is 0 Å². The zero-order chi connectivity index (χ0) is 23.1. The van der Waals surface area contributed by atoms with Crippen LogP contribution in [0, 0.1) is 11.8 Å². The van der Waals surface area contributed by atoms with E-state index in [1.165, 1.54) is 9.47 Å². The maximum Gasteiger partial charge on any atom is 0.330 e. The summed E-state index contributed by atoms with van der Waals surface area (Å²) in [4.78, 5) is 42.7. The highest BCUT2D eigenvalue weighted by Gasteiger charge is 2.25. The molecule has 0 fully saturated rings. The lowest BCUT2D eigenvalue weighted by Crippen LogP contribution is -2.43. The van der Waals surface area contributed by atoms with Gasteiger partial charge in [0, 0.05) is 30.2 Å². The average molecular weight is 449 g/mol. The fraction of sp³-hybridized carbons (Fsp3) is 0.500. The number of hydrogen-bond acceptors (Lipinski definition) is 6. The van der Waals surface area contributed by atoms with Crippen molar-refractivity contribution >= 4 is 29.2 Å². The molecule has 1 heterocycles. The van der Waals surface area contributed by atoms with E-state index in [1.54, 1.807) is 18.9 Å². The summed E-state index contributed by atoms with van der Waals surface area (Å²) in [6, 6.07) is 7.61. The number of nitrogens with zero attached hydrogens (tertiary/aromatic N) is 2. The number of amides is 1. The number of nitrogens with one attached hydrogen (secondary N) is 1. The van der Waals surface area contributed by atoms with E-state index >= 15 is 0 Å². The molecule has 1 aromatic heterocycles. The highest BCUT2D eigenvalue weighted by Crippen LogP contribution is 2.24. The van der Waals surface area contributed by atoms with E-state index in [0.717, 1.165) is 10.6 Å². The lowest BCUT2D eigenvalue weighted by atomic mass is 10.2. The van der Waals surface area contributed by atoms with Gasteiger partial charge < -0.3 is 15.4 Å². The molecular formula is C22H32N4O4S. The summed E-state index contributed by atoms with van der Waals surface area (Å²) in [5.74, 6) is 1.40. The number of nitrogen functional groups attached to an aromatic ring is 1. The number of nitrogens with two attached hydrogens (primary N) is 1. The van der Waals surface area contributed by atoms with Gasteiger partial charge in [0.15, 0.2) is 5.69 Å². The first-order chi connectivity index (χ1) is 14.6. The molecule has 170 valence electrons. The Morgan fingerprint density at radius 2 is 1.81 bits per heavy atom. The Labute approximate surface area is 186 Å². The van der Waals surface area contributed by atoms with E-state index in [9.17, 15) is 14.4 Å². The number of carbonyl (C=O) groups excluding carboxylic acids is 1. The molecule has 1 aromatic carbocycles. The molecule has 0 aliphatic heterocycles. The maximum absolute atomic E-state index is 13.1. The molecule has 0 radical (unpaired) electrons. The first-order valence-electron chi connectivity index (χ1n) is 10.3. The Morgan fingerprint density at radius 3 is 2.35 bits per heavy atom. The van der Waals surface area contributed by atoms with Crippen LogP contribution in [0.15, 0.2) is 38.8 Å². The quantitative estimate of drug-likeness (QED) is 0.541. The van der Waals surface area contributed by atoms with Crippen LogP contribution in [-0.2, 0) is 11.3 Å². The van der Waals surface area contributed by atoms with E-state index in [-0.39, 0.29) is 35.7 Å². The normalized spacial score (nSPS) is 11.2. The van der Waals surface area contributed by atoms with Crippen LogP contribution in [0.5, 0.6) is 5.75 Å². The minimum Gasteiger partial charge on any atom is -0.497 e. The third kappa shape index (κ3) is 6.65. The number of thioether (sulfide) groups is 1. The predicted molar refractivity (Wildman–Crippen MR) is 126 cm³/mol. The zero-order valence-corrected chi connectivity index (χ0v) is 19.6. The van der Waals surface area contributed by atoms with Gasteiger partial charge in [0.2, 0.25) is 5.91 Å². The Morgan fingerprint density at radius 1 is 1.16 bits per heavy atom. The van der Waals surface area contributed by atoms with Crippen LogP contribution in [0.2, 0.25) is 0 Å². The molecule has 31 heavy (non-hydrogen) atoms. The molecule has 0 spiro atoms. The second kappa shape index (κ2) is 11.1. The largest absolute Gasteiger partial charge is 0.497 e. The van der Waals surface area contributed by atoms with Crippen molar-refractivity contribution in [3.63, 3.8) is 0 Å². The summed E-state index contributed by atoms with van der Waals surface area (Å²) >= 11 is 1.55. The van der Waals surface area contributed by atoms with Gasteiger partial charge in [-0.2, -0.15) is 0 Å². The minimum absolute atomic E-state index is 0.0271. The molecular weight excluding hydrogens is 416 g/mol. The number of rotatable bonds is 10. The second-order valence-corrected chi connectivity index (χ2v) is 9.34. The van der Waals surface area contributed by atoms with Crippen molar-refractivity contribution in [3.8, 4) is 5.75 Å². The number of ether oxygens (including phenoxy) is 1. The molecule has 0 bridgehead atoms. The summed E-state index contributed by atoms with van der Waals surface area (Å²) in [5.41, 5.74) is 5.07. The van der Waals surface area contributed by atoms with Gasteiger partial charge in [0.05, 0.1) is 7.11 Å². The summed E-state index contributed by atoms with van der Waals surface area (Å²) in [5, 5.41) is 0. The van der Waals surface area contributed by atoms with E-state index in [2.05, 4.69) is 4.98 Å². The Hall–Kier alpha value is -2.68. The SMILES string of the molecule is COc1ccc(SCCC(=O)N(CC(C)C)c2c(N)n(CC(C)C)c(=O)[nH]c2=O)cc1. The first-order valence-corrected chi connectivity index (χ1v) is 11.3. The van der Waals surface area contributed by atoms with Crippen LogP contribution in [0.1, 0.15) is 34.1 Å². The second-order valence-electron chi connectivity index (χ2n) is 8.17. The fourth-order valence-corrected chi connectivity index (χ4v) is 3.97. The molecule has 3 N–H and O–H groups in total. The molecule has 0 atom stereocenters. The highest BCUT2D eigenvalue weighted by molar-refractivity contribution is 7.99. The van der Waals surface area contributed by atoms with Crippen molar-refractivity contribution < 1.29 is 9.53 Å². The Bertz CT molecular complexity index is 996. The summed E-state index contributed by atoms with van der Waals surface area (Å²) in [7, 11) is 1.61. The van der Waals surface area contributed by atoms with E-state index in [4.69, 9.17) is 10.5 Å². The smallest absolute Gasteiger partial charge is 0.330 e. The summed E-state index contributed by atoms with van der Waals surface area (Å²) in [6.45, 7) is 8.50. The van der Waals surface area contributed by atoms with Gasteiger partial charge >= 0.3 is 5.69 Å². The van der Waals surface area contributed by atoms with Gasteiger partial charge in [-0.1, -0.05) is 27.7 Å². The first kappa shape index (κ1) is 24.6. The number of anilines is 2. The topological polar surface area (TPSA) is 110 Å². The van der Waals surface area contributed by atoms with E-state index in [0.29, 0.717) is 18.8 Å². The van der Waals surface area contributed by atoms with E-state index in [1.807, 2.05) is 52.0 Å². The molecule has 1 amide bonds. The van der Waals surface area contributed by atoms with Gasteiger partial charge in [-0.3, -0.25) is 19.1 Å². The van der Waals surface area contributed by atoms with Crippen molar-refractivity contribution in [1.82, 2.24) is 9.55 Å². The molecule has 8 nitrogen and oxygen atoms in total. The van der Waals surface area contributed by atoms with Gasteiger partial charge in [0.25, 0.3) is 5.56 Å². The summed E-state index contributed by atoms with van der Waals surface area (Å²) < 4.78 is 6.48. The number of carbonyl (C=O) groups is 1. The van der Waals surface area contributed by atoms with Crippen LogP contribution in [0.4, 0.5) is 11.5 Å². The molecule has 0 saturated carbocycles. The number of methoxy groups -OCH3 is 1. The number of aromatic nitrogens is 2. The number of aromatic amines is 1. The van der Waals surface area contributed by atoms with E-state index < -0.39 is 11.2 Å². The number of benzene rings is 1. The van der Waals surface area contributed by atoms with Crippen molar-refractivity contribution in [2.75, 3.05) is 30.0 Å². The zero-order valence-electron chi connectivity index (χ0n) is 18.8. The van der Waals surface area contributed by atoms with Gasteiger partial charge in [-0.05, 0) is 36.1 Å². The van der Waals surface area contributed by atoms with Crippen LogP contribution in [-0.4, -0.2) is 34.9 Å². The molecule has 0 aliphatic carbocycles. The Balaban J connectivity index is 2.25. The molecule has 0 aliphatic rings. The maximum atomic E-state index is 13.1. The predicted octanol–water partition coefficient (Wildman–Crippen LogP) is 2.95. The van der Waals surface area contributed by atoms with Crippen molar-refractivity contribution in [2.45, 2.75) is 45.6 Å². The average Bonchev–Trinajstić information content (AvgIpc) is 2.70. The third-order valence-corrected chi connectivity index (χ3v) is 5.54. The van der Waals surface area contributed by atoms with Gasteiger partial charge in [-0.15, -0.1) is 11.8 Å². The minimum atomic E-state index is -0.640. The molecule has 2 rings (SSSR count). The van der Waals surface area contributed by atoms with Gasteiger partial charge in [0.1, 0.15) is 11.6 Å². The lowest BCUT2D eigenvalue weighted by molar-refractivity contribution is -0.118. The van der Waals surface area contributed by atoms with Gasteiger partial charge in [-0.25, -0.2) is 4.79 Å². The number of hydrogen-bond donors (Lipinski definition) is 2. The highest BCUT2D eigenvalue weighted by atomic mass is 32.2. The van der Waals surface area contributed by atoms with Crippen molar-refractivity contribution in [3.05, 3.63) is 45.1 Å². The number of H-pyrrole nitrogens is 1. The monoisotopic (exact) mass is 448 g/mol. The lowest BCUT2D eigenvalue weighted by Gasteiger charge is -2.26. The van der Waals surface area contributed by atoms with Crippen LogP contribution < -0.4 is 26.6 Å². The fourth-order valence-electron chi connectivity index (χ4n) is 3.13.